The van der Waals surface area contributed by atoms with Crippen molar-refractivity contribution in [1.29, 1.82) is 0 Å². The number of aromatic nitrogens is 2. The fraction of sp³-hybridized carbons (Fsp3) is 0.600. The third-order valence-corrected chi connectivity index (χ3v) is 6.03. The van der Waals surface area contributed by atoms with E-state index in [-0.39, 0.29) is 24.3 Å². The van der Waals surface area contributed by atoms with Crippen LogP contribution in [-0.2, 0) is 17.5 Å². The highest BCUT2D eigenvalue weighted by molar-refractivity contribution is 5.80. The molecule has 5 nitrogen and oxygen atoms in total. The van der Waals surface area contributed by atoms with Crippen LogP contribution >= 0.6 is 0 Å². The predicted molar refractivity (Wildman–Crippen MR) is 97.4 cm³/mol. The van der Waals surface area contributed by atoms with Gasteiger partial charge in [-0.05, 0) is 56.7 Å². The average molecular weight is 395 g/mol. The number of pyridine rings is 1. The summed E-state index contributed by atoms with van der Waals surface area (Å²) in [4.78, 5) is 18.5. The Balaban J connectivity index is 1.43. The van der Waals surface area contributed by atoms with Crippen molar-refractivity contribution in [2.24, 2.45) is 11.8 Å². The van der Waals surface area contributed by atoms with Crippen LogP contribution in [0.2, 0.25) is 0 Å². The van der Waals surface area contributed by atoms with Crippen LogP contribution in [0.5, 0.6) is 0 Å². The maximum Gasteiger partial charge on any atom is 0.431 e. The first kappa shape index (κ1) is 19.2. The van der Waals surface area contributed by atoms with Gasteiger partial charge >= 0.3 is 6.18 Å². The van der Waals surface area contributed by atoms with E-state index < -0.39 is 17.5 Å². The van der Waals surface area contributed by atoms with Crippen molar-refractivity contribution in [1.82, 2.24) is 14.5 Å². The second kappa shape index (κ2) is 6.76. The number of carbonyl (C=O) groups is 1. The highest BCUT2D eigenvalue weighted by Crippen LogP contribution is 2.39. The molecule has 2 aromatic heterocycles. The fourth-order valence-electron chi connectivity index (χ4n) is 4.54. The van der Waals surface area contributed by atoms with Gasteiger partial charge in [0.25, 0.3) is 0 Å². The monoisotopic (exact) mass is 395 g/mol. The molecule has 3 heterocycles. The van der Waals surface area contributed by atoms with Crippen molar-refractivity contribution in [3.05, 3.63) is 30.1 Å². The molecule has 1 saturated carbocycles. The molecule has 1 saturated heterocycles. The molecule has 152 valence electrons. The minimum absolute atomic E-state index is 0.0623. The van der Waals surface area contributed by atoms with E-state index in [1.54, 1.807) is 24.0 Å². The summed E-state index contributed by atoms with van der Waals surface area (Å²) >= 11 is 0. The molecule has 1 aliphatic carbocycles. The first-order chi connectivity index (χ1) is 13.1. The summed E-state index contributed by atoms with van der Waals surface area (Å²) < 4.78 is 41.7. The van der Waals surface area contributed by atoms with E-state index in [0.717, 1.165) is 6.07 Å². The Kier molecular flexibility index (Phi) is 4.64. The van der Waals surface area contributed by atoms with Crippen molar-refractivity contribution in [2.45, 2.75) is 50.9 Å². The number of aliphatic hydroxyl groups is 1. The molecule has 0 radical (unpaired) electrons. The lowest BCUT2D eigenvalue weighted by Gasteiger charge is -2.43. The van der Waals surface area contributed by atoms with Crippen molar-refractivity contribution >= 4 is 16.9 Å². The van der Waals surface area contributed by atoms with E-state index in [9.17, 15) is 23.1 Å². The third kappa shape index (κ3) is 3.62. The van der Waals surface area contributed by atoms with Crippen LogP contribution < -0.4 is 0 Å². The summed E-state index contributed by atoms with van der Waals surface area (Å²) in [5.74, 6) is 0.00210. The van der Waals surface area contributed by atoms with Gasteiger partial charge in [-0.2, -0.15) is 13.2 Å². The number of nitrogens with zero attached hydrogens (tertiary/aromatic N) is 3. The van der Waals surface area contributed by atoms with Crippen LogP contribution in [0.3, 0.4) is 0 Å². The molecule has 8 heteroatoms. The molecule has 2 aliphatic rings. The van der Waals surface area contributed by atoms with Gasteiger partial charge in [0.05, 0.1) is 5.60 Å². The van der Waals surface area contributed by atoms with Gasteiger partial charge in [-0.15, -0.1) is 0 Å². The van der Waals surface area contributed by atoms with E-state index in [2.05, 4.69) is 4.98 Å². The van der Waals surface area contributed by atoms with Crippen LogP contribution in [0, 0.1) is 11.8 Å². The Hall–Kier alpha value is -2.09. The molecular formula is C20H24F3N3O2. The molecule has 2 fully saturated rings. The van der Waals surface area contributed by atoms with Crippen LogP contribution in [0.15, 0.2) is 24.4 Å². The number of hydrogen-bond donors (Lipinski definition) is 1. The Morgan fingerprint density at radius 1 is 1.32 bits per heavy atom. The average Bonchev–Trinajstić information content (AvgIpc) is 2.99. The lowest BCUT2D eigenvalue weighted by Crippen LogP contribution is -2.51. The normalized spacial score (nSPS) is 26.5. The maximum atomic E-state index is 13.5. The number of alkyl halides is 3. The van der Waals surface area contributed by atoms with E-state index in [1.807, 2.05) is 0 Å². The quantitative estimate of drug-likeness (QED) is 0.866. The first-order valence-corrected chi connectivity index (χ1v) is 9.67. The Bertz CT molecular complexity index is 874. The van der Waals surface area contributed by atoms with Crippen molar-refractivity contribution in [3.8, 4) is 0 Å². The molecule has 0 unspecified atom stereocenters. The lowest BCUT2D eigenvalue weighted by atomic mass is 9.71. The number of carbonyl (C=O) groups excluding carboxylic acids is 1. The number of amides is 1. The first-order valence-electron chi connectivity index (χ1n) is 9.67. The predicted octanol–water partition coefficient (Wildman–Crippen LogP) is 3.45. The van der Waals surface area contributed by atoms with Crippen LogP contribution in [0.4, 0.5) is 13.2 Å². The topological polar surface area (TPSA) is 58.4 Å². The van der Waals surface area contributed by atoms with Crippen molar-refractivity contribution in [3.63, 3.8) is 0 Å². The largest absolute Gasteiger partial charge is 0.431 e. The van der Waals surface area contributed by atoms with Gasteiger partial charge in [-0.1, -0.05) is 0 Å². The fourth-order valence-corrected chi connectivity index (χ4v) is 4.54. The molecule has 0 bridgehead atoms. The number of piperidine rings is 1. The molecular weight excluding hydrogens is 371 g/mol. The Labute approximate surface area is 161 Å². The molecule has 1 amide bonds. The Morgan fingerprint density at radius 2 is 2.00 bits per heavy atom. The number of hydrogen-bond acceptors (Lipinski definition) is 3. The minimum Gasteiger partial charge on any atom is -0.390 e. The van der Waals surface area contributed by atoms with Gasteiger partial charge < -0.3 is 14.6 Å². The molecule has 1 aliphatic heterocycles. The van der Waals surface area contributed by atoms with Gasteiger partial charge in [0.2, 0.25) is 5.91 Å². The smallest absolute Gasteiger partial charge is 0.390 e. The molecule has 2 aromatic rings. The summed E-state index contributed by atoms with van der Waals surface area (Å²) in [6.45, 7) is 3.08. The third-order valence-electron chi connectivity index (χ3n) is 6.03. The molecule has 0 atom stereocenters. The number of fused-ring (bicyclic) bond motifs is 1. The van der Waals surface area contributed by atoms with E-state index >= 15 is 0 Å². The Morgan fingerprint density at radius 3 is 2.61 bits per heavy atom. The molecule has 0 aromatic carbocycles. The summed E-state index contributed by atoms with van der Waals surface area (Å²) in [6, 6.07) is 4.43. The van der Waals surface area contributed by atoms with E-state index in [1.165, 1.54) is 10.8 Å². The molecule has 1 N–H and O–H groups in total. The number of likely N-dealkylation sites (tertiary alicyclic amines) is 1. The van der Waals surface area contributed by atoms with Gasteiger partial charge in [-0.25, -0.2) is 4.98 Å². The molecule has 28 heavy (non-hydrogen) atoms. The van der Waals surface area contributed by atoms with Crippen LogP contribution in [0.25, 0.3) is 11.0 Å². The zero-order valence-corrected chi connectivity index (χ0v) is 15.7. The molecule has 4 rings (SSSR count). The standard InChI is InChI=1S/C20H24F3N3O2/c1-19(28)10-15(11-19)18(27)25-7-4-13(5-8-25)12-26-16(20(21,22)23)9-14-3-2-6-24-17(14)26/h2-3,6,9,13,15,28H,4-5,7-8,10-12H2,1H3/t15-,19+. The SMILES string of the molecule is C[C@]1(O)C[C@@H](C(=O)N2CCC(Cn3c(C(F)(F)F)cc4cccnc43)CC2)C1. The van der Waals surface area contributed by atoms with E-state index in [0.29, 0.717) is 49.8 Å². The molecule has 0 spiro atoms. The van der Waals surface area contributed by atoms with Gasteiger partial charge in [0, 0.05) is 37.1 Å². The van der Waals surface area contributed by atoms with Crippen LogP contribution in [-0.4, -0.2) is 44.2 Å². The summed E-state index contributed by atoms with van der Waals surface area (Å²) in [5, 5.41) is 10.3. The van der Waals surface area contributed by atoms with Gasteiger partial charge in [0.15, 0.2) is 0 Å². The second-order valence-corrected chi connectivity index (χ2v) is 8.42. The van der Waals surface area contributed by atoms with Gasteiger partial charge in [-0.3, -0.25) is 4.79 Å². The number of rotatable bonds is 3. The minimum atomic E-state index is -4.43. The van der Waals surface area contributed by atoms with E-state index in [4.69, 9.17) is 0 Å². The summed E-state index contributed by atoms with van der Waals surface area (Å²) in [5.41, 5.74) is -1.06. The second-order valence-electron chi connectivity index (χ2n) is 8.42. The summed E-state index contributed by atoms with van der Waals surface area (Å²) in [7, 11) is 0. The highest BCUT2D eigenvalue weighted by Gasteiger charge is 2.44. The lowest BCUT2D eigenvalue weighted by molar-refractivity contribution is -0.151. The van der Waals surface area contributed by atoms with Crippen molar-refractivity contribution < 1.29 is 23.1 Å². The maximum absolute atomic E-state index is 13.5. The zero-order chi connectivity index (χ0) is 20.1. The highest BCUT2D eigenvalue weighted by atomic mass is 19.4. The summed E-state index contributed by atoms with van der Waals surface area (Å²) in [6.07, 6.45) is -0.618. The van der Waals surface area contributed by atoms with Crippen molar-refractivity contribution in [2.75, 3.05) is 13.1 Å². The van der Waals surface area contributed by atoms with Gasteiger partial charge in [0.1, 0.15) is 11.3 Å². The zero-order valence-electron chi connectivity index (χ0n) is 15.7. The van der Waals surface area contributed by atoms with Crippen LogP contribution in [0.1, 0.15) is 38.3 Å². The number of halogens is 3.